The molecule has 0 unspecified atom stereocenters. The van der Waals surface area contributed by atoms with Crippen LogP contribution in [-0.4, -0.2) is 26.2 Å². The highest BCUT2D eigenvalue weighted by Gasteiger charge is 2.08. The first-order chi connectivity index (χ1) is 9.74. The van der Waals surface area contributed by atoms with Gasteiger partial charge in [0.25, 0.3) is 0 Å². The zero-order valence-corrected chi connectivity index (χ0v) is 12.3. The van der Waals surface area contributed by atoms with Crippen LogP contribution in [0.4, 0.5) is 5.69 Å². The Bertz CT molecular complexity index is 557. The highest BCUT2D eigenvalue weighted by atomic mass is 16.5. The van der Waals surface area contributed by atoms with Crippen LogP contribution >= 0.6 is 0 Å². The van der Waals surface area contributed by atoms with Gasteiger partial charge in [-0.25, -0.2) is 0 Å². The van der Waals surface area contributed by atoms with E-state index in [0.29, 0.717) is 0 Å². The summed E-state index contributed by atoms with van der Waals surface area (Å²) in [5.74, 6) is 0.887. The maximum Gasteiger partial charge on any atom is 0.119 e. The summed E-state index contributed by atoms with van der Waals surface area (Å²) in [6, 6.07) is 10.2. The van der Waals surface area contributed by atoms with Crippen molar-refractivity contribution in [2.45, 2.75) is 13.1 Å². The number of nitrogens with zero attached hydrogens (tertiary/aromatic N) is 2. The molecule has 4 nitrogen and oxygen atoms in total. The number of methoxy groups -OCH3 is 1. The van der Waals surface area contributed by atoms with Crippen LogP contribution in [0.3, 0.4) is 0 Å². The van der Waals surface area contributed by atoms with Gasteiger partial charge in [-0.2, -0.15) is 0 Å². The first kappa shape index (κ1) is 14.3. The second-order valence-electron chi connectivity index (χ2n) is 4.74. The lowest BCUT2D eigenvalue weighted by Gasteiger charge is -2.22. The molecule has 0 atom stereocenters. The number of hydrogen-bond donors (Lipinski definition) is 1. The molecule has 0 radical (unpaired) electrons. The van der Waals surface area contributed by atoms with E-state index >= 15 is 0 Å². The summed E-state index contributed by atoms with van der Waals surface area (Å²) < 4.78 is 5.26. The van der Waals surface area contributed by atoms with E-state index in [1.165, 1.54) is 11.1 Å². The van der Waals surface area contributed by atoms with E-state index in [9.17, 15) is 0 Å². The average Bonchev–Trinajstić information content (AvgIpc) is 2.48. The molecule has 0 aliphatic carbocycles. The van der Waals surface area contributed by atoms with Gasteiger partial charge in [0.15, 0.2) is 0 Å². The third-order valence-electron chi connectivity index (χ3n) is 3.22. The lowest BCUT2D eigenvalue weighted by molar-refractivity contribution is 0.414. The maximum absolute atomic E-state index is 5.26. The molecule has 0 spiro atoms. The minimum absolute atomic E-state index is 0.819. The molecule has 1 N–H and O–H groups in total. The van der Waals surface area contributed by atoms with Gasteiger partial charge in [-0.15, -0.1) is 0 Å². The van der Waals surface area contributed by atoms with Crippen molar-refractivity contribution in [3.63, 3.8) is 0 Å². The topological polar surface area (TPSA) is 37.4 Å². The maximum atomic E-state index is 5.26. The molecular weight excluding hydrogens is 250 g/mol. The minimum atomic E-state index is 0.819. The van der Waals surface area contributed by atoms with Crippen molar-refractivity contribution in [1.29, 1.82) is 0 Å². The van der Waals surface area contributed by atoms with Crippen molar-refractivity contribution in [1.82, 2.24) is 10.3 Å². The second-order valence-corrected chi connectivity index (χ2v) is 4.74. The molecule has 0 aliphatic rings. The number of benzene rings is 1. The molecule has 0 fully saturated rings. The minimum Gasteiger partial charge on any atom is -0.497 e. The van der Waals surface area contributed by atoms with Gasteiger partial charge in [0.2, 0.25) is 0 Å². The molecule has 4 heteroatoms. The monoisotopic (exact) mass is 271 g/mol. The molecule has 0 amide bonds. The average molecular weight is 271 g/mol. The van der Waals surface area contributed by atoms with E-state index in [-0.39, 0.29) is 0 Å². The number of nitrogens with one attached hydrogen (secondary N) is 1. The molecule has 2 rings (SSSR count). The Morgan fingerprint density at radius 3 is 2.90 bits per heavy atom. The summed E-state index contributed by atoms with van der Waals surface area (Å²) in [6.07, 6.45) is 3.74. The van der Waals surface area contributed by atoms with Gasteiger partial charge >= 0.3 is 0 Å². The van der Waals surface area contributed by atoms with Gasteiger partial charge in [0, 0.05) is 26.3 Å². The Labute approximate surface area is 120 Å². The number of anilines is 1. The molecule has 0 saturated heterocycles. The predicted octanol–water partition coefficient (Wildman–Crippen LogP) is 2.45. The van der Waals surface area contributed by atoms with E-state index < -0.39 is 0 Å². The fraction of sp³-hybridized carbons (Fsp3) is 0.312. The summed E-state index contributed by atoms with van der Waals surface area (Å²) in [4.78, 5) is 6.43. The Morgan fingerprint density at radius 2 is 2.15 bits per heavy atom. The second kappa shape index (κ2) is 6.91. The van der Waals surface area contributed by atoms with Gasteiger partial charge in [-0.05, 0) is 36.4 Å². The van der Waals surface area contributed by atoms with Gasteiger partial charge in [0.05, 0.1) is 19.0 Å². The number of aromatic nitrogens is 1. The molecule has 0 saturated carbocycles. The zero-order valence-electron chi connectivity index (χ0n) is 12.3. The molecular formula is C16H21N3O. The highest BCUT2D eigenvalue weighted by molar-refractivity contribution is 5.51. The third kappa shape index (κ3) is 3.48. The molecule has 0 bridgehead atoms. The Hall–Kier alpha value is -2.07. The van der Waals surface area contributed by atoms with Crippen LogP contribution < -0.4 is 15.0 Å². The summed E-state index contributed by atoms with van der Waals surface area (Å²) in [6.45, 7) is 1.65. The van der Waals surface area contributed by atoms with Crippen LogP contribution in [0.25, 0.3) is 0 Å². The van der Waals surface area contributed by atoms with Crippen molar-refractivity contribution >= 4 is 5.69 Å². The summed E-state index contributed by atoms with van der Waals surface area (Å²) in [7, 11) is 5.72. The van der Waals surface area contributed by atoms with Crippen LogP contribution in [0.15, 0.2) is 42.7 Å². The van der Waals surface area contributed by atoms with Crippen molar-refractivity contribution in [3.05, 3.63) is 53.9 Å². The first-order valence-electron chi connectivity index (χ1n) is 6.66. The van der Waals surface area contributed by atoms with E-state index in [2.05, 4.69) is 34.4 Å². The molecule has 106 valence electrons. The molecule has 1 aromatic carbocycles. The number of hydrogen-bond acceptors (Lipinski definition) is 4. The van der Waals surface area contributed by atoms with Crippen molar-refractivity contribution in [2.75, 3.05) is 26.1 Å². The standard InChI is InChI=1S/C16H21N3O/c1-17-10-14-7-8-18-11-16(14)19(2)12-13-5-4-6-15(9-13)20-3/h4-9,11,17H,10,12H2,1-3H3. The Kier molecular flexibility index (Phi) is 4.96. The SMILES string of the molecule is CNCc1ccncc1N(C)Cc1cccc(OC)c1. The molecule has 1 heterocycles. The first-order valence-corrected chi connectivity index (χ1v) is 6.66. The lowest BCUT2D eigenvalue weighted by Crippen LogP contribution is -2.19. The van der Waals surface area contributed by atoms with E-state index in [4.69, 9.17) is 4.74 Å². The quantitative estimate of drug-likeness (QED) is 0.875. The summed E-state index contributed by atoms with van der Waals surface area (Å²) >= 11 is 0. The van der Waals surface area contributed by atoms with Gasteiger partial charge in [-0.3, -0.25) is 4.98 Å². The van der Waals surface area contributed by atoms with Crippen molar-refractivity contribution in [2.24, 2.45) is 0 Å². The van der Waals surface area contributed by atoms with Crippen LogP contribution in [0.5, 0.6) is 5.75 Å². The fourth-order valence-corrected chi connectivity index (χ4v) is 2.23. The van der Waals surface area contributed by atoms with Crippen LogP contribution in [-0.2, 0) is 13.1 Å². The van der Waals surface area contributed by atoms with E-state index in [1.807, 2.05) is 37.6 Å². The van der Waals surface area contributed by atoms with Crippen LogP contribution in [0.1, 0.15) is 11.1 Å². The highest BCUT2D eigenvalue weighted by Crippen LogP contribution is 2.21. The van der Waals surface area contributed by atoms with Crippen molar-refractivity contribution < 1.29 is 4.74 Å². The van der Waals surface area contributed by atoms with Gasteiger partial charge < -0.3 is 15.0 Å². The van der Waals surface area contributed by atoms with Crippen LogP contribution in [0, 0.1) is 0 Å². The van der Waals surface area contributed by atoms with Crippen LogP contribution in [0.2, 0.25) is 0 Å². The fourth-order valence-electron chi connectivity index (χ4n) is 2.23. The summed E-state index contributed by atoms with van der Waals surface area (Å²) in [5.41, 5.74) is 3.60. The molecule has 0 aliphatic heterocycles. The molecule has 2 aromatic rings. The lowest BCUT2D eigenvalue weighted by atomic mass is 10.1. The zero-order chi connectivity index (χ0) is 14.4. The smallest absolute Gasteiger partial charge is 0.119 e. The number of ether oxygens (including phenoxy) is 1. The number of pyridine rings is 1. The van der Waals surface area contributed by atoms with E-state index in [1.54, 1.807) is 7.11 Å². The van der Waals surface area contributed by atoms with E-state index in [0.717, 1.165) is 24.5 Å². The van der Waals surface area contributed by atoms with Crippen molar-refractivity contribution in [3.8, 4) is 5.75 Å². The summed E-state index contributed by atoms with van der Waals surface area (Å²) in [5, 5.41) is 3.19. The molecule has 1 aromatic heterocycles. The van der Waals surface area contributed by atoms with Gasteiger partial charge in [0.1, 0.15) is 5.75 Å². The van der Waals surface area contributed by atoms with Gasteiger partial charge in [-0.1, -0.05) is 12.1 Å². The Morgan fingerprint density at radius 1 is 1.30 bits per heavy atom. The Balaban J connectivity index is 2.17. The number of rotatable bonds is 6. The normalized spacial score (nSPS) is 10.3. The molecule has 20 heavy (non-hydrogen) atoms. The predicted molar refractivity (Wildman–Crippen MR) is 82.1 cm³/mol. The largest absolute Gasteiger partial charge is 0.497 e. The third-order valence-corrected chi connectivity index (χ3v) is 3.22.